The van der Waals surface area contributed by atoms with Gasteiger partial charge in [-0.05, 0) is 18.6 Å². The van der Waals surface area contributed by atoms with E-state index in [2.05, 4.69) is 20.7 Å². The average molecular weight is 366 g/mol. The van der Waals surface area contributed by atoms with Gasteiger partial charge in [-0.15, -0.1) is 13.2 Å². The summed E-state index contributed by atoms with van der Waals surface area (Å²) in [7, 11) is 0. The zero-order chi connectivity index (χ0) is 16.0. The van der Waals surface area contributed by atoms with Crippen molar-refractivity contribution >= 4 is 21.9 Å². The number of nitriles is 1. The van der Waals surface area contributed by atoms with E-state index in [9.17, 15) is 18.0 Å². The van der Waals surface area contributed by atoms with Gasteiger partial charge in [0.05, 0.1) is 24.7 Å². The molecule has 0 saturated carbocycles. The van der Waals surface area contributed by atoms with Crippen molar-refractivity contribution in [3.8, 4) is 11.8 Å². The molecule has 0 bridgehead atoms. The van der Waals surface area contributed by atoms with Crippen LogP contribution in [0.5, 0.6) is 5.75 Å². The fourth-order valence-corrected chi connectivity index (χ4v) is 2.24. The van der Waals surface area contributed by atoms with Crippen molar-refractivity contribution < 1.29 is 27.4 Å². The molecule has 21 heavy (non-hydrogen) atoms. The predicted octanol–water partition coefficient (Wildman–Crippen LogP) is 3.46. The number of hydrogen-bond donors (Lipinski definition) is 0. The van der Waals surface area contributed by atoms with Crippen LogP contribution in [0.4, 0.5) is 13.2 Å². The van der Waals surface area contributed by atoms with E-state index in [1.165, 1.54) is 6.07 Å². The van der Waals surface area contributed by atoms with Crippen molar-refractivity contribution in [3.63, 3.8) is 0 Å². The maximum Gasteiger partial charge on any atom is 0.573 e. The second-order valence-electron chi connectivity index (χ2n) is 3.85. The highest BCUT2D eigenvalue weighted by atomic mass is 79.9. The molecule has 0 N–H and O–H groups in total. The van der Waals surface area contributed by atoms with Gasteiger partial charge in [-0.2, -0.15) is 5.26 Å². The third kappa shape index (κ3) is 4.93. The molecule has 0 aliphatic rings. The molecule has 1 rings (SSSR count). The molecule has 1 aromatic rings. The zero-order valence-corrected chi connectivity index (χ0v) is 12.5. The van der Waals surface area contributed by atoms with Crippen molar-refractivity contribution in [2.24, 2.45) is 0 Å². The van der Waals surface area contributed by atoms with E-state index in [0.29, 0.717) is 5.56 Å². The molecule has 114 valence electrons. The Balaban J connectivity index is 3.20. The number of hydrogen-bond acceptors (Lipinski definition) is 4. The normalized spacial score (nSPS) is 10.9. The summed E-state index contributed by atoms with van der Waals surface area (Å²) in [5, 5.41) is 9.12. The molecule has 0 aromatic heterocycles. The first-order chi connectivity index (χ1) is 9.82. The van der Waals surface area contributed by atoms with Crippen LogP contribution < -0.4 is 4.74 Å². The van der Waals surface area contributed by atoms with E-state index in [-0.39, 0.29) is 29.5 Å². The number of esters is 1. The fraction of sp³-hybridized carbons (Fsp3) is 0.385. The van der Waals surface area contributed by atoms with Crippen molar-refractivity contribution in [1.29, 1.82) is 5.26 Å². The number of alkyl halides is 4. The summed E-state index contributed by atoms with van der Waals surface area (Å²) in [5.41, 5.74) is 0.304. The maximum absolute atomic E-state index is 12.3. The lowest BCUT2D eigenvalue weighted by Crippen LogP contribution is -2.19. The predicted molar refractivity (Wildman–Crippen MR) is 70.8 cm³/mol. The van der Waals surface area contributed by atoms with E-state index in [1.807, 2.05) is 0 Å². The summed E-state index contributed by atoms with van der Waals surface area (Å²) in [6.45, 7) is 1.81. The number of nitrogens with zero attached hydrogens (tertiary/aromatic N) is 1. The summed E-state index contributed by atoms with van der Waals surface area (Å²) in [6, 6.07) is 4.14. The Morgan fingerprint density at radius 2 is 2.10 bits per heavy atom. The van der Waals surface area contributed by atoms with Gasteiger partial charge in [-0.1, -0.05) is 22.0 Å². The van der Waals surface area contributed by atoms with Gasteiger partial charge in [0.15, 0.2) is 0 Å². The van der Waals surface area contributed by atoms with Gasteiger partial charge in [0.2, 0.25) is 0 Å². The van der Waals surface area contributed by atoms with Gasteiger partial charge < -0.3 is 9.47 Å². The Morgan fingerprint density at radius 1 is 1.43 bits per heavy atom. The van der Waals surface area contributed by atoms with Gasteiger partial charge in [0.1, 0.15) is 5.75 Å². The van der Waals surface area contributed by atoms with Gasteiger partial charge >= 0.3 is 12.3 Å². The van der Waals surface area contributed by atoms with E-state index < -0.39 is 18.1 Å². The molecule has 0 spiro atoms. The van der Waals surface area contributed by atoms with Crippen LogP contribution in [0.25, 0.3) is 0 Å². The molecule has 0 aliphatic heterocycles. The monoisotopic (exact) mass is 365 g/mol. The number of halogens is 4. The molecular weight excluding hydrogens is 355 g/mol. The van der Waals surface area contributed by atoms with E-state index in [4.69, 9.17) is 10.00 Å². The second-order valence-corrected chi connectivity index (χ2v) is 4.41. The second kappa shape index (κ2) is 7.31. The van der Waals surface area contributed by atoms with Crippen LogP contribution in [-0.4, -0.2) is 18.9 Å². The average Bonchev–Trinajstić information content (AvgIpc) is 2.38. The summed E-state index contributed by atoms with van der Waals surface area (Å²) in [5.74, 6) is -1.03. The molecule has 0 unspecified atom stereocenters. The largest absolute Gasteiger partial charge is 0.573 e. The lowest BCUT2D eigenvalue weighted by Gasteiger charge is -2.15. The first kappa shape index (κ1) is 17.3. The lowest BCUT2D eigenvalue weighted by molar-refractivity contribution is -0.274. The highest BCUT2D eigenvalue weighted by Crippen LogP contribution is 2.32. The number of ether oxygens (including phenoxy) is 2. The van der Waals surface area contributed by atoms with Gasteiger partial charge in [0.25, 0.3) is 0 Å². The van der Waals surface area contributed by atoms with Gasteiger partial charge in [-0.3, -0.25) is 4.79 Å². The fourth-order valence-electron chi connectivity index (χ4n) is 1.68. The van der Waals surface area contributed by atoms with Crippen molar-refractivity contribution in [3.05, 3.63) is 28.8 Å². The molecule has 1 aromatic carbocycles. The molecule has 0 atom stereocenters. The highest BCUT2D eigenvalue weighted by molar-refractivity contribution is 9.08. The van der Waals surface area contributed by atoms with Crippen molar-refractivity contribution in [1.82, 2.24) is 0 Å². The Morgan fingerprint density at radius 3 is 2.57 bits per heavy atom. The smallest absolute Gasteiger partial charge is 0.466 e. The third-order valence-corrected chi connectivity index (χ3v) is 3.03. The third-order valence-electron chi connectivity index (χ3n) is 2.47. The van der Waals surface area contributed by atoms with Crippen LogP contribution >= 0.6 is 15.9 Å². The van der Waals surface area contributed by atoms with E-state index >= 15 is 0 Å². The Bertz CT molecular complexity index is 567. The van der Waals surface area contributed by atoms with Crippen molar-refractivity contribution in [2.75, 3.05) is 6.61 Å². The molecule has 8 heteroatoms. The highest BCUT2D eigenvalue weighted by Gasteiger charge is 2.32. The van der Waals surface area contributed by atoms with Crippen LogP contribution in [0, 0.1) is 11.3 Å². The lowest BCUT2D eigenvalue weighted by atomic mass is 9.99. The van der Waals surface area contributed by atoms with Gasteiger partial charge in [-0.25, -0.2) is 0 Å². The molecule has 0 heterocycles. The van der Waals surface area contributed by atoms with E-state index in [1.54, 1.807) is 13.0 Å². The topological polar surface area (TPSA) is 59.3 Å². The number of rotatable bonds is 5. The first-order valence-corrected chi connectivity index (χ1v) is 6.96. The summed E-state index contributed by atoms with van der Waals surface area (Å²) in [6.07, 6.45) is -5.05. The van der Waals surface area contributed by atoms with Crippen LogP contribution in [-0.2, 0) is 21.3 Å². The number of carbonyl (C=O) groups is 1. The SMILES string of the molecule is CCOC(=O)Cc1ccc(OC(F)(F)F)c(CBr)c1C#N. The van der Waals surface area contributed by atoms with Crippen LogP contribution in [0.15, 0.2) is 12.1 Å². The molecule has 0 saturated heterocycles. The Labute approximate surface area is 127 Å². The minimum Gasteiger partial charge on any atom is -0.466 e. The molecule has 0 aliphatic carbocycles. The summed E-state index contributed by atoms with van der Waals surface area (Å²) in [4.78, 5) is 11.4. The minimum atomic E-state index is -4.85. The molecule has 0 radical (unpaired) electrons. The maximum atomic E-state index is 12.3. The zero-order valence-electron chi connectivity index (χ0n) is 11.0. The van der Waals surface area contributed by atoms with Crippen molar-refractivity contribution in [2.45, 2.75) is 25.0 Å². The molecule has 0 amide bonds. The molecule has 4 nitrogen and oxygen atoms in total. The summed E-state index contributed by atoms with van der Waals surface area (Å²) < 4.78 is 45.6. The molecular formula is C13H11BrF3NO3. The van der Waals surface area contributed by atoms with E-state index in [0.717, 1.165) is 6.07 Å². The first-order valence-electron chi connectivity index (χ1n) is 5.84. The summed E-state index contributed by atoms with van der Waals surface area (Å²) >= 11 is 3.02. The molecule has 0 fully saturated rings. The van der Waals surface area contributed by atoms with Crippen LogP contribution in [0.3, 0.4) is 0 Å². The Hall–Kier alpha value is -1.75. The number of benzene rings is 1. The quantitative estimate of drug-likeness (QED) is 0.592. The van der Waals surface area contributed by atoms with Crippen LogP contribution in [0.2, 0.25) is 0 Å². The standard InChI is InChI=1S/C13H11BrF3NO3/c1-2-20-12(19)5-8-3-4-11(21-13(15,16)17)9(6-14)10(8)7-18/h3-4H,2,5-6H2,1H3. The van der Waals surface area contributed by atoms with Gasteiger partial charge in [0, 0.05) is 10.9 Å². The Kier molecular flexibility index (Phi) is 6.03. The minimum absolute atomic E-state index is 0.0159. The van der Waals surface area contributed by atoms with Crippen LogP contribution in [0.1, 0.15) is 23.6 Å². The number of carbonyl (C=O) groups excluding carboxylic acids is 1.